The molecule has 1 aliphatic carbocycles. The van der Waals surface area contributed by atoms with Crippen LogP contribution in [0.3, 0.4) is 0 Å². The molecule has 0 atom stereocenters. The lowest BCUT2D eigenvalue weighted by atomic mass is 10.2. The summed E-state index contributed by atoms with van der Waals surface area (Å²) >= 11 is 0. The van der Waals surface area contributed by atoms with E-state index >= 15 is 0 Å². The van der Waals surface area contributed by atoms with Crippen LogP contribution in [0.4, 0.5) is 5.69 Å². The molecule has 0 unspecified atom stereocenters. The summed E-state index contributed by atoms with van der Waals surface area (Å²) in [5.74, 6) is -0.453. The molecule has 0 radical (unpaired) electrons. The number of carboxylic acid groups (broad SMARTS) is 1. The van der Waals surface area contributed by atoms with E-state index in [1.165, 1.54) is 12.3 Å². The molecule has 7 nitrogen and oxygen atoms in total. The molecule has 2 heterocycles. The zero-order valence-electron chi connectivity index (χ0n) is 12.0. The molecule has 3 aromatic rings. The van der Waals surface area contributed by atoms with Crippen LogP contribution in [0.25, 0.3) is 27.3 Å². The number of carbonyl (C=O) groups is 1. The quantitative estimate of drug-likeness (QED) is 0.752. The van der Waals surface area contributed by atoms with Gasteiger partial charge < -0.3 is 9.67 Å². The third kappa shape index (κ3) is 2.21. The van der Waals surface area contributed by atoms with Gasteiger partial charge in [0.05, 0.1) is 23.8 Å². The van der Waals surface area contributed by atoms with E-state index in [0.717, 1.165) is 23.9 Å². The van der Waals surface area contributed by atoms with Crippen molar-refractivity contribution in [1.29, 1.82) is 0 Å². The molecular formula is C16H11N5O2. The average Bonchev–Trinajstić information content (AvgIpc) is 3.34. The smallest absolute Gasteiger partial charge is 0.356 e. The monoisotopic (exact) mass is 305 g/mol. The second-order valence-corrected chi connectivity index (χ2v) is 5.46. The van der Waals surface area contributed by atoms with E-state index in [9.17, 15) is 4.79 Å². The minimum atomic E-state index is -1.12. The van der Waals surface area contributed by atoms with Gasteiger partial charge in [0.2, 0.25) is 0 Å². The maximum Gasteiger partial charge on any atom is 0.356 e. The third-order valence-electron chi connectivity index (χ3n) is 3.85. The summed E-state index contributed by atoms with van der Waals surface area (Å²) in [6.45, 7) is 7.17. The van der Waals surface area contributed by atoms with E-state index in [1.54, 1.807) is 6.07 Å². The van der Waals surface area contributed by atoms with Crippen LogP contribution < -0.4 is 0 Å². The summed E-state index contributed by atoms with van der Waals surface area (Å²) in [5.41, 5.74) is 2.74. The van der Waals surface area contributed by atoms with Crippen molar-refractivity contribution in [3.05, 3.63) is 47.6 Å². The maximum absolute atomic E-state index is 11.1. The topological polar surface area (TPSA) is 85.3 Å². The van der Waals surface area contributed by atoms with Crippen molar-refractivity contribution in [2.24, 2.45) is 0 Å². The molecule has 0 aliphatic heterocycles. The first-order chi connectivity index (χ1) is 11.2. The summed E-state index contributed by atoms with van der Waals surface area (Å²) in [6, 6.07) is 7.18. The molecule has 1 fully saturated rings. The number of fused-ring (bicyclic) bond motifs is 1. The normalized spacial score (nSPS) is 13.9. The van der Waals surface area contributed by atoms with Crippen molar-refractivity contribution < 1.29 is 9.90 Å². The Morgan fingerprint density at radius 1 is 1.35 bits per heavy atom. The average molecular weight is 305 g/mol. The molecule has 1 saturated carbocycles. The maximum atomic E-state index is 11.1. The molecule has 112 valence electrons. The number of carboxylic acids is 1. The van der Waals surface area contributed by atoms with Crippen LogP contribution in [0.1, 0.15) is 29.4 Å². The Balaban J connectivity index is 1.96. The molecular weight excluding hydrogens is 294 g/mol. The number of imidazole rings is 1. The zero-order valence-corrected chi connectivity index (χ0v) is 12.0. The first-order valence-corrected chi connectivity index (χ1v) is 7.13. The lowest BCUT2D eigenvalue weighted by Crippen LogP contribution is -2.04. The van der Waals surface area contributed by atoms with Crippen LogP contribution in [0, 0.1) is 6.57 Å². The minimum Gasteiger partial charge on any atom is -0.476 e. The molecule has 23 heavy (non-hydrogen) atoms. The van der Waals surface area contributed by atoms with E-state index in [1.807, 2.05) is 12.1 Å². The Kier molecular flexibility index (Phi) is 2.84. The van der Waals surface area contributed by atoms with Gasteiger partial charge in [0, 0.05) is 11.6 Å². The zero-order chi connectivity index (χ0) is 16.0. The molecule has 4 rings (SSSR count). The van der Waals surface area contributed by atoms with Crippen molar-refractivity contribution in [2.75, 3.05) is 0 Å². The highest BCUT2D eigenvalue weighted by Crippen LogP contribution is 2.41. The molecule has 1 aliphatic rings. The summed E-state index contributed by atoms with van der Waals surface area (Å²) < 4.78 is 2.08. The number of rotatable bonds is 3. The third-order valence-corrected chi connectivity index (χ3v) is 3.85. The highest BCUT2D eigenvalue weighted by molar-refractivity contribution is 5.88. The van der Waals surface area contributed by atoms with E-state index < -0.39 is 5.97 Å². The Hall–Kier alpha value is -3.27. The summed E-state index contributed by atoms with van der Waals surface area (Å²) in [4.78, 5) is 19.2. The Labute approximate surface area is 131 Å². The molecule has 0 amide bonds. The standard InChI is InChI=1S/C16H11N5O2/c1-17-10-2-5-12-14(7-10)21(11-3-4-11)15(19-12)9-6-13(16(22)23)20-18-8-9/h2,5-8,11H,3-4H2,(H,22,23). The van der Waals surface area contributed by atoms with Gasteiger partial charge in [-0.25, -0.2) is 14.6 Å². The molecule has 0 bridgehead atoms. The first kappa shape index (κ1) is 13.4. The van der Waals surface area contributed by atoms with Gasteiger partial charge in [-0.05, 0) is 31.0 Å². The van der Waals surface area contributed by atoms with Crippen LogP contribution in [-0.4, -0.2) is 30.8 Å². The van der Waals surface area contributed by atoms with E-state index in [2.05, 4.69) is 24.6 Å². The number of nitrogens with zero attached hydrogens (tertiary/aromatic N) is 5. The number of aromatic carboxylic acids is 1. The number of hydrogen-bond acceptors (Lipinski definition) is 4. The van der Waals surface area contributed by atoms with Gasteiger partial charge in [-0.1, -0.05) is 6.07 Å². The fraction of sp³-hybridized carbons (Fsp3) is 0.188. The summed E-state index contributed by atoms with van der Waals surface area (Å²) in [6.07, 6.45) is 3.61. The fourth-order valence-corrected chi connectivity index (χ4v) is 2.65. The van der Waals surface area contributed by atoms with Gasteiger partial charge in [-0.3, -0.25) is 0 Å². The largest absolute Gasteiger partial charge is 0.476 e. The summed E-state index contributed by atoms with van der Waals surface area (Å²) in [5, 5.41) is 16.5. The van der Waals surface area contributed by atoms with E-state index in [4.69, 9.17) is 11.7 Å². The second kappa shape index (κ2) is 4.88. The minimum absolute atomic E-state index is 0.112. The second-order valence-electron chi connectivity index (χ2n) is 5.46. The van der Waals surface area contributed by atoms with Crippen LogP contribution in [0.2, 0.25) is 0 Å². The van der Waals surface area contributed by atoms with Crippen LogP contribution in [-0.2, 0) is 0 Å². The number of benzene rings is 1. The van der Waals surface area contributed by atoms with Crippen LogP contribution in [0.15, 0.2) is 30.5 Å². The van der Waals surface area contributed by atoms with Crippen molar-refractivity contribution in [3.63, 3.8) is 0 Å². The first-order valence-electron chi connectivity index (χ1n) is 7.13. The van der Waals surface area contributed by atoms with Gasteiger partial charge in [0.25, 0.3) is 0 Å². The predicted octanol–water partition coefficient (Wildman–Crippen LogP) is 3.08. The fourth-order valence-electron chi connectivity index (χ4n) is 2.65. The Bertz CT molecular complexity index is 982. The molecule has 7 heteroatoms. The van der Waals surface area contributed by atoms with Crippen molar-refractivity contribution in [2.45, 2.75) is 18.9 Å². The van der Waals surface area contributed by atoms with Crippen molar-refractivity contribution in [1.82, 2.24) is 19.7 Å². The highest BCUT2D eigenvalue weighted by atomic mass is 16.4. The van der Waals surface area contributed by atoms with Gasteiger partial charge in [0.1, 0.15) is 5.82 Å². The molecule has 0 saturated heterocycles. The number of hydrogen-bond donors (Lipinski definition) is 1. The Morgan fingerprint density at radius 2 is 2.17 bits per heavy atom. The molecule has 1 aromatic carbocycles. The number of aromatic nitrogens is 4. The SMILES string of the molecule is [C-]#[N+]c1ccc2nc(-c3cnnc(C(=O)O)c3)n(C3CC3)c2c1. The van der Waals surface area contributed by atoms with Gasteiger partial charge in [-0.2, -0.15) is 5.10 Å². The van der Waals surface area contributed by atoms with Crippen molar-refractivity contribution in [3.8, 4) is 11.4 Å². The van der Waals surface area contributed by atoms with E-state index in [0.29, 0.717) is 23.1 Å². The van der Waals surface area contributed by atoms with E-state index in [-0.39, 0.29) is 5.69 Å². The lowest BCUT2D eigenvalue weighted by Gasteiger charge is -2.07. The van der Waals surface area contributed by atoms with Crippen LogP contribution >= 0.6 is 0 Å². The van der Waals surface area contributed by atoms with Crippen LogP contribution in [0.5, 0.6) is 0 Å². The predicted molar refractivity (Wildman–Crippen MR) is 82.3 cm³/mol. The molecule has 2 aromatic heterocycles. The van der Waals surface area contributed by atoms with Gasteiger partial charge >= 0.3 is 5.97 Å². The highest BCUT2D eigenvalue weighted by Gasteiger charge is 2.29. The molecule has 1 N–H and O–H groups in total. The molecule has 0 spiro atoms. The van der Waals surface area contributed by atoms with Gasteiger partial charge in [0.15, 0.2) is 11.4 Å². The van der Waals surface area contributed by atoms with Crippen molar-refractivity contribution >= 4 is 22.7 Å². The van der Waals surface area contributed by atoms with Gasteiger partial charge in [-0.15, -0.1) is 5.10 Å². The lowest BCUT2D eigenvalue weighted by molar-refractivity contribution is 0.0689. The Morgan fingerprint density at radius 3 is 2.87 bits per heavy atom. The summed E-state index contributed by atoms with van der Waals surface area (Å²) in [7, 11) is 0.